The molecule has 0 aliphatic carbocycles. The van der Waals surface area contributed by atoms with Crippen molar-refractivity contribution >= 4 is 11.7 Å². The fraction of sp³-hybridized carbons (Fsp3) is 0.250. The van der Waals surface area contributed by atoms with Gasteiger partial charge in [-0.3, -0.25) is 9.78 Å². The summed E-state index contributed by atoms with van der Waals surface area (Å²) < 4.78 is 0. The first-order valence-electron chi connectivity index (χ1n) is 8.92. The van der Waals surface area contributed by atoms with Crippen molar-refractivity contribution in [3.8, 4) is 11.3 Å². The molecule has 136 valence electrons. The number of benzene rings is 1. The molecular formula is C20H20N6O. The van der Waals surface area contributed by atoms with Crippen LogP contribution in [-0.4, -0.2) is 57.2 Å². The van der Waals surface area contributed by atoms with E-state index in [2.05, 4.69) is 25.1 Å². The molecule has 1 aliphatic heterocycles. The summed E-state index contributed by atoms with van der Waals surface area (Å²) >= 11 is 0. The predicted octanol–water partition coefficient (Wildman–Crippen LogP) is 2.20. The first-order valence-corrected chi connectivity index (χ1v) is 8.92. The van der Waals surface area contributed by atoms with E-state index in [1.54, 1.807) is 18.6 Å². The molecular weight excluding hydrogens is 340 g/mol. The minimum Gasteiger partial charge on any atom is -0.352 e. The predicted molar refractivity (Wildman–Crippen MR) is 102 cm³/mol. The normalized spacial score (nSPS) is 14.3. The van der Waals surface area contributed by atoms with Crippen LogP contribution in [0.25, 0.3) is 11.3 Å². The van der Waals surface area contributed by atoms with Crippen molar-refractivity contribution in [2.45, 2.75) is 6.92 Å². The molecule has 7 heteroatoms. The molecule has 0 unspecified atom stereocenters. The highest BCUT2D eigenvalue weighted by atomic mass is 16.2. The summed E-state index contributed by atoms with van der Waals surface area (Å²) in [6.45, 7) is 4.59. The highest BCUT2D eigenvalue weighted by Crippen LogP contribution is 2.19. The summed E-state index contributed by atoms with van der Waals surface area (Å²) in [7, 11) is 0. The van der Waals surface area contributed by atoms with Crippen molar-refractivity contribution in [3.63, 3.8) is 0 Å². The average Bonchev–Trinajstić information content (AvgIpc) is 2.74. The fourth-order valence-corrected chi connectivity index (χ4v) is 3.19. The number of nitrogens with zero attached hydrogens (tertiary/aromatic N) is 6. The van der Waals surface area contributed by atoms with Gasteiger partial charge in [0.15, 0.2) is 5.69 Å². The average molecular weight is 360 g/mol. The summed E-state index contributed by atoms with van der Waals surface area (Å²) in [6.07, 6.45) is 5.08. The molecule has 3 aromatic rings. The zero-order valence-corrected chi connectivity index (χ0v) is 15.1. The summed E-state index contributed by atoms with van der Waals surface area (Å²) in [6, 6.07) is 11.8. The molecule has 0 bridgehead atoms. The van der Waals surface area contributed by atoms with Crippen molar-refractivity contribution in [1.82, 2.24) is 25.1 Å². The molecule has 1 aliphatic rings. The van der Waals surface area contributed by atoms with Crippen molar-refractivity contribution in [1.29, 1.82) is 0 Å². The Morgan fingerprint density at radius 1 is 1.00 bits per heavy atom. The molecule has 0 saturated carbocycles. The Morgan fingerprint density at radius 2 is 1.78 bits per heavy atom. The minimum absolute atomic E-state index is 0.0709. The summed E-state index contributed by atoms with van der Waals surface area (Å²) in [5, 5.41) is 8.49. The fourth-order valence-electron chi connectivity index (χ4n) is 3.19. The highest BCUT2D eigenvalue weighted by Gasteiger charge is 2.25. The first-order chi connectivity index (χ1) is 13.2. The van der Waals surface area contributed by atoms with Crippen LogP contribution in [0.3, 0.4) is 0 Å². The Bertz CT molecular complexity index is 924. The largest absolute Gasteiger partial charge is 0.352 e. The summed E-state index contributed by atoms with van der Waals surface area (Å²) in [5.74, 6) is 0.770. The van der Waals surface area contributed by atoms with Crippen LogP contribution in [0, 0.1) is 6.92 Å². The number of aromatic nitrogens is 4. The van der Waals surface area contributed by atoms with Crippen LogP contribution in [0.1, 0.15) is 16.1 Å². The standard InChI is InChI=1S/C20H20N6O/c1-15-13-17(16-5-3-2-4-6-16)23-24-19(15)20(27)26-11-9-25(10-12-26)18-14-21-7-8-22-18/h2-8,13-14H,9-12H2,1H3. The molecule has 0 N–H and O–H groups in total. The van der Waals surface area contributed by atoms with Crippen molar-refractivity contribution < 1.29 is 4.79 Å². The minimum atomic E-state index is -0.0709. The number of carbonyl (C=O) groups excluding carboxylic acids is 1. The summed E-state index contributed by atoms with van der Waals surface area (Å²) in [4.78, 5) is 25.3. The molecule has 7 nitrogen and oxygen atoms in total. The maximum absolute atomic E-state index is 12.9. The molecule has 0 spiro atoms. The lowest BCUT2D eigenvalue weighted by Gasteiger charge is -2.35. The number of anilines is 1. The first kappa shape index (κ1) is 17.1. The molecule has 27 heavy (non-hydrogen) atoms. The van der Waals surface area contributed by atoms with Gasteiger partial charge in [0.25, 0.3) is 5.91 Å². The van der Waals surface area contributed by atoms with Crippen molar-refractivity contribution in [2.24, 2.45) is 0 Å². The van der Waals surface area contributed by atoms with E-state index in [1.807, 2.05) is 48.2 Å². The monoisotopic (exact) mass is 360 g/mol. The molecule has 0 atom stereocenters. The molecule has 3 heterocycles. The molecule has 1 fully saturated rings. The van der Waals surface area contributed by atoms with Gasteiger partial charge in [0.2, 0.25) is 0 Å². The van der Waals surface area contributed by atoms with E-state index in [1.165, 1.54) is 0 Å². The van der Waals surface area contributed by atoms with E-state index in [0.717, 1.165) is 35.7 Å². The quantitative estimate of drug-likeness (QED) is 0.713. The topological polar surface area (TPSA) is 75.1 Å². The van der Waals surface area contributed by atoms with Gasteiger partial charge in [0.05, 0.1) is 11.9 Å². The van der Waals surface area contributed by atoms with Gasteiger partial charge in [-0.25, -0.2) is 4.98 Å². The lowest BCUT2D eigenvalue weighted by atomic mass is 10.1. The van der Waals surface area contributed by atoms with Crippen molar-refractivity contribution in [2.75, 3.05) is 31.1 Å². The Balaban J connectivity index is 1.46. The van der Waals surface area contributed by atoms with Crippen molar-refractivity contribution in [3.05, 3.63) is 66.2 Å². The maximum Gasteiger partial charge on any atom is 0.274 e. The number of hydrogen-bond acceptors (Lipinski definition) is 6. The molecule has 1 saturated heterocycles. The van der Waals surface area contributed by atoms with E-state index >= 15 is 0 Å². The van der Waals surface area contributed by atoms with E-state index in [-0.39, 0.29) is 5.91 Å². The number of amides is 1. The Labute approximate surface area is 157 Å². The van der Waals surface area contributed by atoms with Crippen LogP contribution in [0.15, 0.2) is 55.0 Å². The lowest BCUT2D eigenvalue weighted by molar-refractivity contribution is 0.0738. The smallest absolute Gasteiger partial charge is 0.274 e. The van der Waals surface area contributed by atoms with Gasteiger partial charge < -0.3 is 9.80 Å². The number of aryl methyl sites for hydroxylation is 1. The number of rotatable bonds is 3. The van der Waals surface area contributed by atoms with Gasteiger partial charge in [0.1, 0.15) is 5.82 Å². The van der Waals surface area contributed by atoms with Crippen LogP contribution in [-0.2, 0) is 0 Å². The second-order valence-electron chi connectivity index (χ2n) is 6.47. The van der Waals surface area contributed by atoms with Gasteiger partial charge in [-0.2, -0.15) is 0 Å². The van der Waals surface area contributed by atoms with Gasteiger partial charge in [-0.05, 0) is 18.6 Å². The maximum atomic E-state index is 12.9. The van der Waals surface area contributed by atoms with Crippen LogP contribution in [0.2, 0.25) is 0 Å². The number of carbonyl (C=O) groups is 1. The molecule has 1 aromatic carbocycles. The van der Waals surface area contributed by atoms with Crippen LogP contribution in [0.4, 0.5) is 5.82 Å². The van der Waals surface area contributed by atoms with E-state index < -0.39 is 0 Å². The molecule has 2 aromatic heterocycles. The number of hydrogen-bond donors (Lipinski definition) is 0. The third kappa shape index (κ3) is 3.62. The second kappa shape index (κ2) is 7.49. The van der Waals surface area contributed by atoms with Gasteiger partial charge in [-0.15, -0.1) is 10.2 Å². The van der Waals surface area contributed by atoms with E-state index in [0.29, 0.717) is 18.8 Å². The molecule has 1 amide bonds. The Hall–Kier alpha value is -3.35. The third-order valence-corrected chi connectivity index (χ3v) is 4.70. The third-order valence-electron chi connectivity index (χ3n) is 4.70. The van der Waals surface area contributed by atoms with Gasteiger partial charge in [0, 0.05) is 44.1 Å². The summed E-state index contributed by atoms with van der Waals surface area (Å²) in [5.41, 5.74) is 3.02. The lowest BCUT2D eigenvalue weighted by Crippen LogP contribution is -2.49. The zero-order valence-electron chi connectivity index (χ0n) is 15.1. The van der Waals surface area contributed by atoms with Gasteiger partial charge in [-0.1, -0.05) is 30.3 Å². The SMILES string of the molecule is Cc1cc(-c2ccccc2)nnc1C(=O)N1CCN(c2cnccn2)CC1. The second-order valence-corrected chi connectivity index (χ2v) is 6.47. The van der Waals surface area contributed by atoms with Gasteiger partial charge >= 0.3 is 0 Å². The highest BCUT2D eigenvalue weighted by molar-refractivity contribution is 5.94. The van der Waals surface area contributed by atoms with E-state index in [9.17, 15) is 4.79 Å². The van der Waals surface area contributed by atoms with Crippen LogP contribution < -0.4 is 4.90 Å². The van der Waals surface area contributed by atoms with Crippen LogP contribution in [0.5, 0.6) is 0 Å². The van der Waals surface area contributed by atoms with E-state index in [4.69, 9.17) is 0 Å². The number of piperazine rings is 1. The Morgan fingerprint density at radius 3 is 2.44 bits per heavy atom. The molecule has 0 radical (unpaired) electrons. The zero-order chi connectivity index (χ0) is 18.6. The Kier molecular flexibility index (Phi) is 4.74. The molecule has 4 rings (SSSR count). The van der Waals surface area contributed by atoms with Crippen LogP contribution >= 0.6 is 0 Å².